The Morgan fingerprint density at radius 3 is 1.43 bits per heavy atom. The van der Waals surface area contributed by atoms with Crippen molar-refractivity contribution in [1.82, 2.24) is 0 Å². The number of hydrogen-bond donors (Lipinski definition) is 0. The predicted molar refractivity (Wildman–Crippen MR) is 53.5 cm³/mol. The maximum absolute atomic E-state index is 11.1. The van der Waals surface area contributed by atoms with Gasteiger partial charge in [0.15, 0.2) is 0 Å². The van der Waals surface area contributed by atoms with E-state index in [0.717, 1.165) is 0 Å². The highest BCUT2D eigenvalue weighted by Gasteiger charge is 2.30. The minimum atomic E-state index is -2.13. The maximum Gasteiger partial charge on any atom is 0.857 e. The van der Waals surface area contributed by atoms with Gasteiger partial charge in [0, 0.05) is 11.8 Å². The van der Waals surface area contributed by atoms with Crippen molar-refractivity contribution in [3.63, 3.8) is 0 Å². The SMILES string of the molecule is CC(C)C(=O)[O][Al]([CH3])[O]C(=O)C(C)C. The summed E-state index contributed by atoms with van der Waals surface area (Å²) in [6.07, 6.45) is 0. The molecule has 0 radical (unpaired) electrons. The van der Waals surface area contributed by atoms with Crippen molar-refractivity contribution in [3.05, 3.63) is 0 Å². The molecule has 14 heavy (non-hydrogen) atoms. The van der Waals surface area contributed by atoms with Crippen LogP contribution >= 0.6 is 0 Å². The van der Waals surface area contributed by atoms with Gasteiger partial charge in [-0.05, 0) is 5.79 Å². The monoisotopic (exact) mass is 216 g/mol. The van der Waals surface area contributed by atoms with Crippen LogP contribution in [0.1, 0.15) is 27.7 Å². The van der Waals surface area contributed by atoms with Crippen LogP contribution < -0.4 is 0 Å². The molecule has 0 rings (SSSR count). The molecule has 4 nitrogen and oxygen atoms in total. The van der Waals surface area contributed by atoms with Crippen molar-refractivity contribution in [2.75, 3.05) is 0 Å². The molecule has 0 aliphatic carbocycles. The van der Waals surface area contributed by atoms with Crippen LogP contribution in [0.15, 0.2) is 0 Å². The van der Waals surface area contributed by atoms with Crippen LogP contribution in [0.4, 0.5) is 0 Å². The molecule has 0 atom stereocenters. The van der Waals surface area contributed by atoms with E-state index in [4.69, 9.17) is 7.58 Å². The van der Waals surface area contributed by atoms with E-state index < -0.39 is 14.8 Å². The Labute approximate surface area is 89.6 Å². The van der Waals surface area contributed by atoms with Gasteiger partial charge in [0.2, 0.25) is 0 Å². The zero-order chi connectivity index (χ0) is 11.3. The van der Waals surface area contributed by atoms with Gasteiger partial charge < -0.3 is 7.58 Å². The molecule has 0 fully saturated rings. The second-order valence-corrected chi connectivity index (χ2v) is 5.36. The molecule has 0 aromatic carbocycles. The first-order valence-corrected chi connectivity index (χ1v) is 6.85. The van der Waals surface area contributed by atoms with E-state index in [9.17, 15) is 9.59 Å². The van der Waals surface area contributed by atoms with Crippen LogP contribution in [-0.2, 0) is 17.2 Å². The molecule has 80 valence electrons. The topological polar surface area (TPSA) is 52.6 Å². The van der Waals surface area contributed by atoms with Gasteiger partial charge in [-0.2, -0.15) is 0 Å². The lowest BCUT2D eigenvalue weighted by Crippen LogP contribution is -2.29. The highest BCUT2D eigenvalue weighted by atomic mass is 27.2. The molecule has 0 saturated carbocycles. The average molecular weight is 216 g/mol. The van der Waals surface area contributed by atoms with Crippen molar-refractivity contribution in [2.45, 2.75) is 33.5 Å². The maximum atomic E-state index is 11.1. The summed E-state index contributed by atoms with van der Waals surface area (Å²) in [6.45, 7) is 6.98. The highest BCUT2D eigenvalue weighted by Crippen LogP contribution is 2.02. The molecule has 0 saturated heterocycles. The molecule has 0 bridgehead atoms. The fourth-order valence-electron chi connectivity index (χ4n) is 0.623. The quantitative estimate of drug-likeness (QED) is 0.668. The van der Waals surface area contributed by atoms with Gasteiger partial charge in [0.05, 0.1) is 0 Å². The smallest absolute Gasteiger partial charge is 0.585 e. The Balaban J connectivity index is 3.93. The molecule has 0 unspecified atom stereocenters. The Bertz CT molecular complexity index is 191. The first kappa shape index (κ1) is 13.5. The molecule has 5 heteroatoms. The summed E-state index contributed by atoms with van der Waals surface area (Å²) < 4.78 is 9.98. The van der Waals surface area contributed by atoms with E-state index in [1.54, 1.807) is 33.5 Å². The summed E-state index contributed by atoms with van der Waals surface area (Å²) in [6, 6.07) is 0. The van der Waals surface area contributed by atoms with Crippen LogP contribution in [0.5, 0.6) is 0 Å². The van der Waals surface area contributed by atoms with E-state index in [0.29, 0.717) is 0 Å². The van der Waals surface area contributed by atoms with Crippen molar-refractivity contribution in [1.29, 1.82) is 0 Å². The van der Waals surface area contributed by atoms with Gasteiger partial charge in [-0.15, -0.1) is 0 Å². The van der Waals surface area contributed by atoms with E-state index in [2.05, 4.69) is 0 Å². The summed E-state index contributed by atoms with van der Waals surface area (Å²) in [4.78, 5) is 22.3. The molecule has 0 amide bonds. The number of carbonyl (C=O) groups is 2. The number of rotatable bonds is 4. The van der Waals surface area contributed by atoms with E-state index in [1.165, 1.54) is 0 Å². The van der Waals surface area contributed by atoms with E-state index in [1.807, 2.05) is 0 Å². The molecule has 0 spiro atoms. The van der Waals surface area contributed by atoms with Crippen LogP contribution in [0.3, 0.4) is 0 Å². The predicted octanol–water partition coefficient (Wildman–Crippen LogP) is 1.50. The summed E-state index contributed by atoms with van der Waals surface area (Å²) in [5.74, 6) is 0.701. The third-order valence-electron chi connectivity index (χ3n) is 1.51. The van der Waals surface area contributed by atoms with Crippen LogP contribution in [0.2, 0.25) is 5.79 Å². The third kappa shape index (κ3) is 5.26. The van der Waals surface area contributed by atoms with Gasteiger partial charge in [0.25, 0.3) is 11.9 Å². The van der Waals surface area contributed by atoms with Gasteiger partial charge in [-0.3, -0.25) is 9.59 Å². The fourth-order valence-corrected chi connectivity index (χ4v) is 1.87. The van der Waals surface area contributed by atoms with E-state index >= 15 is 0 Å². The zero-order valence-electron chi connectivity index (χ0n) is 9.37. The summed E-state index contributed by atoms with van der Waals surface area (Å²) in [5.41, 5.74) is 0. The molecule has 0 heterocycles. The van der Waals surface area contributed by atoms with Crippen LogP contribution in [-0.4, -0.2) is 26.8 Å². The largest absolute Gasteiger partial charge is 0.857 e. The molecule has 0 aliphatic rings. The lowest BCUT2D eigenvalue weighted by Gasteiger charge is -2.13. The van der Waals surface area contributed by atoms with Crippen LogP contribution in [0, 0.1) is 11.8 Å². The summed E-state index contributed by atoms with van der Waals surface area (Å²) >= 11 is -2.13. The second kappa shape index (κ2) is 6.05. The number of carbonyl (C=O) groups excluding carboxylic acids is 2. The Hall–Kier alpha value is -0.528. The Morgan fingerprint density at radius 1 is 0.929 bits per heavy atom. The summed E-state index contributed by atoms with van der Waals surface area (Å²) in [5, 5.41) is 0. The van der Waals surface area contributed by atoms with Crippen molar-refractivity contribution >= 4 is 26.8 Å². The minimum Gasteiger partial charge on any atom is -0.585 e. The first-order chi connectivity index (χ1) is 6.34. The Morgan fingerprint density at radius 2 is 1.21 bits per heavy atom. The van der Waals surface area contributed by atoms with Crippen LogP contribution in [0.25, 0.3) is 0 Å². The summed E-state index contributed by atoms with van der Waals surface area (Å²) in [7, 11) is 0. The molecule has 0 N–H and O–H groups in total. The third-order valence-corrected chi connectivity index (χ3v) is 2.64. The fraction of sp³-hybridized carbons (Fsp3) is 0.778. The zero-order valence-corrected chi connectivity index (χ0v) is 10.5. The second-order valence-electron chi connectivity index (χ2n) is 3.75. The van der Waals surface area contributed by atoms with E-state index in [-0.39, 0.29) is 23.8 Å². The lowest BCUT2D eigenvalue weighted by atomic mass is 10.2. The lowest BCUT2D eigenvalue weighted by molar-refractivity contribution is -0.143. The molecule has 0 aromatic heterocycles. The van der Waals surface area contributed by atoms with Gasteiger partial charge in [0.1, 0.15) is 0 Å². The average Bonchev–Trinajstić information content (AvgIpc) is 2.03. The van der Waals surface area contributed by atoms with Crippen molar-refractivity contribution < 1.29 is 17.2 Å². The molecular weight excluding hydrogens is 199 g/mol. The highest BCUT2D eigenvalue weighted by molar-refractivity contribution is 6.47. The standard InChI is InChI=1S/2C4H8O2.CH3.Al/c2*1-3(2)4(5)6;;/h2*3H,1-2H3,(H,5,6);1H3;/q;;;+2/p-2. The van der Waals surface area contributed by atoms with Gasteiger partial charge in [-0.25, -0.2) is 0 Å². The van der Waals surface area contributed by atoms with Crippen molar-refractivity contribution in [3.8, 4) is 0 Å². The minimum absolute atomic E-state index is 0.178. The Kier molecular flexibility index (Phi) is 5.82. The van der Waals surface area contributed by atoms with Gasteiger partial charge in [-0.1, -0.05) is 27.7 Å². The van der Waals surface area contributed by atoms with Gasteiger partial charge >= 0.3 is 14.8 Å². The van der Waals surface area contributed by atoms with Crippen molar-refractivity contribution in [2.24, 2.45) is 11.8 Å². The molecular formula is C9H17AlO4. The normalized spacial score (nSPS) is 10.2. The number of hydrogen-bond acceptors (Lipinski definition) is 4. The first-order valence-electron chi connectivity index (χ1n) is 4.75. The molecule has 0 aromatic rings. The molecule has 0 aliphatic heterocycles.